The second-order valence-corrected chi connectivity index (χ2v) is 3.87. The van der Waals surface area contributed by atoms with E-state index in [1.54, 1.807) is 12.1 Å². The third-order valence-corrected chi connectivity index (χ3v) is 2.79. The highest BCUT2D eigenvalue weighted by Crippen LogP contribution is 2.12. The summed E-state index contributed by atoms with van der Waals surface area (Å²) >= 11 is 0. The topological polar surface area (TPSA) is 48.3 Å². The molecule has 0 saturated heterocycles. The van der Waals surface area contributed by atoms with Gasteiger partial charge in [-0.05, 0) is 18.2 Å². The minimum atomic E-state index is -0.449. The van der Waals surface area contributed by atoms with Gasteiger partial charge >= 0.3 is 5.97 Å². The lowest BCUT2D eigenvalue weighted by atomic mass is 10.1. The summed E-state index contributed by atoms with van der Waals surface area (Å²) in [5.74, 6) is -0.449. The summed E-state index contributed by atoms with van der Waals surface area (Å²) in [5, 5.41) is 0.662. The van der Waals surface area contributed by atoms with E-state index >= 15 is 0 Å². The number of esters is 1. The lowest BCUT2D eigenvalue weighted by Gasteiger charge is -2.08. The van der Waals surface area contributed by atoms with E-state index in [1.807, 2.05) is 29.8 Å². The number of para-hydroxylation sites is 1. The molecule has 0 amide bonds. The number of hydrogen-bond donors (Lipinski definition) is 0. The van der Waals surface area contributed by atoms with Crippen molar-refractivity contribution in [1.82, 2.24) is 4.57 Å². The van der Waals surface area contributed by atoms with Crippen molar-refractivity contribution >= 4 is 22.9 Å². The highest BCUT2D eigenvalue weighted by atomic mass is 16.5. The first kappa shape index (κ1) is 12.1. The number of aromatic nitrogens is 1. The van der Waals surface area contributed by atoms with Gasteiger partial charge in [0.1, 0.15) is 0 Å². The van der Waals surface area contributed by atoms with Gasteiger partial charge in [-0.25, -0.2) is 4.79 Å². The quantitative estimate of drug-likeness (QED) is 0.596. The monoisotopic (exact) mass is 243 g/mol. The number of fused-ring (bicyclic) bond motifs is 1. The Hall–Kier alpha value is -2.36. The van der Waals surface area contributed by atoms with Crippen LogP contribution in [0.15, 0.2) is 41.2 Å². The maximum Gasteiger partial charge on any atom is 0.330 e. The average molecular weight is 243 g/mol. The zero-order valence-corrected chi connectivity index (χ0v) is 10.2. The van der Waals surface area contributed by atoms with Crippen LogP contribution < -0.4 is 5.43 Å². The summed E-state index contributed by atoms with van der Waals surface area (Å²) in [5.41, 5.74) is 1.42. The van der Waals surface area contributed by atoms with Crippen molar-refractivity contribution in [2.75, 3.05) is 7.11 Å². The molecule has 92 valence electrons. The van der Waals surface area contributed by atoms with E-state index < -0.39 is 5.97 Å². The van der Waals surface area contributed by atoms with Crippen molar-refractivity contribution in [3.8, 4) is 0 Å². The third kappa shape index (κ3) is 2.18. The van der Waals surface area contributed by atoms with E-state index in [1.165, 1.54) is 19.3 Å². The largest absolute Gasteiger partial charge is 0.466 e. The Kier molecular flexibility index (Phi) is 3.28. The molecule has 0 spiro atoms. The van der Waals surface area contributed by atoms with Crippen LogP contribution in [0.3, 0.4) is 0 Å². The molecule has 18 heavy (non-hydrogen) atoms. The molecular weight excluding hydrogens is 230 g/mol. The molecule has 1 aromatic heterocycles. The van der Waals surface area contributed by atoms with Crippen LogP contribution in [0.2, 0.25) is 0 Å². The molecule has 0 aliphatic rings. The van der Waals surface area contributed by atoms with Gasteiger partial charge in [0.05, 0.1) is 12.6 Å². The van der Waals surface area contributed by atoms with Crippen molar-refractivity contribution in [2.24, 2.45) is 7.05 Å². The van der Waals surface area contributed by atoms with Crippen molar-refractivity contribution in [3.05, 3.63) is 52.3 Å². The van der Waals surface area contributed by atoms with E-state index in [-0.39, 0.29) is 5.43 Å². The van der Waals surface area contributed by atoms with Gasteiger partial charge in [0.2, 0.25) is 0 Å². The van der Waals surface area contributed by atoms with E-state index in [2.05, 4.69) is 4.74 Å². The number of ether oxygens (including phenoxy) is 1. The van der Waals surface area contributed by atoms with Crippen molar-refractivity contribution < 1.29 is 9.53 Å². The fraction of sp³-hybridized carbons (Fsp3) is 0.143. The second kappa shape index (κ2) is 4.87. The molecular formula is C14H13NO3. The molecule has 0 aliphatic carbocycles. The van der Waals surface area contributed by atoms with Gasteiger partial charge in [0, 0.05) is 30.3 Å². The Balaban J connectivity index is 2.60. The Labute approximate surface area is 104 Å². The Morgan fingerprint density at radius 1 is 1.33 bits per heavy atom. The third-order valence-electron chi connectivity index (χ3n) is 2.79. The summed E-state index contributed by atoms with van der Waals surface area (Å²) in [4.78, 5) is 23.0. The number of nitrogens with zero attached hydrogens (tertiary/aromatic N) is 1. The van der Waals surface area contributed by atoms with E-state index in [9.17, 15) is 9.59 Å². The average Bonchev–Trinajstić information content (AvgIpc) is 2.41. The van der Waals surface area contributed by atoms with Crippen molar-refractivity contribution in [2.45, 2.75) is 0 Å². The molecule has 0 radical (unpaired) electrons. The van der Waals surface area contributed by atoms with Crippen molar-refractivity contribution in [3.63, 3.8) is 0 Å². The van der Waals surface area contributed by atoms with Gasteiger partial charge < -0.3 is 9.30 Å². The molecule has 0 bridgehead atoms. The lowest BCUT2D eigenvalue weighted by Crippen LogP contribution is -2.09. The van der Waals surface area contributed by atoms with Crippen LogP contribution in [0.4, 0.5) is 0 Å². The number of carbonyl (C=O) groups excluding carboxylic acids is 1. The molecule has 0 fully saturated rings. The number of aryl methyl sites for hydroxylation is 1. The molecule has 0 aliphatic heterocycles. The van der Waals surface area contributed by atoms with Gasteiger partial charge in [-0.2, -0.15) is 0 Å². The highest BCUT2D eigenvalue weighted by molar-refractivity contribution is 5.87. The van der Waals surface area contributed by atoms with E-state index in [0.29, 0.717) is 11.1 Å². The molecule has 0 unspecified atom stereocenters. The molecule has 2 rings (SSSR count). The summed E-state index contributed by atoms with van der Waals surface area (Å²) in [6.45, 7) is 0. The normalized spacial score (nSPS) is 11.0. The zero-order valence-electron chi connectivity index (χ0n) is 10.2. The van der Waals surface area contributed by atoms with Gasteiger partial charge in [0.25, 0.3) is 0 Å². The Bertz CT molecular complexity index is 683. The zero-order chi connectivity index (χ0) is 13.1. The predicted octanol–water partition coefficient (Wildman–Crippen LogP) is 1.72. The number of carbonyl (C=O) groups is 1. The van der Waals surface area contributed by atoms with Gasteiger partial charge in [-0.3, -0.25) is 4.79 Å². The maximum absolute atomic E-state index is 11.9. The van der Waals surface area contributed by atoms with Crippen molar-refractivity contribution in [1.29, 1.82) is 0 Å². The first-order valence-corrected chi connectivity index (χ1v) is 5.48. The summed E-state index contributed by atoms with van der Waals surface area (Å²) in [6.07, 6.45) is 2.86. The van der Waals surface area contributed by atoms with Crippen LogP contribution in [0.25, 0.3) is 17.0 Å². The van der Waals surface area contributed by atoms with E-state index in [0.717, 1.165) is 5.52 Å². The number of pyridine rings is 1. The number of benzene rings is 1. The minimum absolute atomic E-state index is 0.0618. The second-order valence-electron chi connectivity index (χ2n) is 3.87. The molecule has 1 heterocycles. The Morgan fingerprint density at radius 2 is 2.06 bits per heavy atom. The smallest absolute Gasteiger partial charge is 0.330 e. The van der Waals surface area contributed by atoms with Gasteiger partial charge in [0.15, 0.2) is 5.43 Å². The summed E-state index contributed by atoms with van der Waals surface area (Å²) in [6, 6.07) is 8.85. The fourth-order valence-corrected chi connectivity index (χ4v) is 1.80. The molecule has 4 heteroatoms. The predicted molar refractivity (Wildman–Crippen MR) is 70.2 cm³/mol. The first-order valence-electron chi connectivity index (χ1n) is 5.48. The minimum Gasteiger partial charge on any atom is -0.466 e. The number of hydrogen-bond acceptors (Lipinski definition) is 3. The van der Waals surface area contributed by atoms with Crippen LogP contribution >= 0.6 is 0 Å². The van der Waals surface area contributed by atoms with Crippen LogP contribution in [-0.2, 0) is 16.6 Å². The molecule has 1 aromatic carbocycles. The molecule has 0 N–H and O–H groups in total. The SMILES string of the molecule is COC(=O)/C=C/c1cc(=O)c2ccccc2n1C. The maximum atomic E-state index is 11.9. The van der Waals surface area contributed by atoms with Crippen LogP contribution in [0.1, 0.15) is 5.69 Å². The molecule has 0 saturated carbocycles. The van der Waals surface area contributed by atoms with Gasteiger partial charge in [-0.1, -0.05) is 12.1 Å². The molecule has 4 nitrogen and oxygen atoms in total. The Morgan fingerprint density at radius 3 is 2.78 bits per heavy atom. The fourth-order valence-electron chi connectivity index (χ4n) is 1.80. The van der Waals surface area contributed by atoms with E-state index in [4.69, 9.17) is 0 Å². The molecule has 0 atom stereocenters. The number of rotatable bonds is 2. The molecule has 2 aromatic rings. The lowest BCUT2D eigenvalue weighted by molar-refractivity contribution is -0.134. The number of methoxy groups -OCH3 is 1. The summed E-state index contributed by atoms with van der Waals surface area (Å²) in [7, 11) is 3.16. The standard InChI is InChI=1S/C14H13NO3/c1-15-10(7-8-14(17)18-2)9-13(16)11-5-3-4-6-12(11)15/h3-9H,1-2H3/b8-7+. The summed E-state index contributed by atoms with van der Waals surface area (Å²) < 4.78 is 6.37. The highest BCUT2D eigenvalue weighted by Gasteiger charge is 2.03. The van der Waals surface area contributed by atoms with Crippen LogP contribution in [-0.4, -0.2) is 17.6 Å². The van der Waals surface area contributed by atoms with Crippen LogP contribution in [0, 0.1) is 0 Å². The first-order chi connectivity index (χ1) is 8.63. The van der Waals surface area contributed by atoms with Crippen LogP contribution in [0.5, 0.6) is 0 Å². The van der Waals surface area contributed by atoms with Gasteiger partial charge in [-0.15, -0.1) is 0 Å².